The predicted octanol–water partition coefficient (Wildman–Crippen LogP) is 3.90. The Morgan fingerprint density at radius 1 is 1.27 bits per heavy atom. The van der Waals surface area contributed by atoms with Gasteiger partial charge in [0.2, 0.25) is 0 Å². The second-order valence-corrected chi connectivity index (χ2v) is 9.63. The number of benzene rings is 1. The lowest BCUT2D eigenvalue weighted by molar-refractivity contribution is -0.0379. The van der Waals surface area contributed by atoms with Gasteiger partial charge in [0.1, 0.15) is 4.83 Å². The van der Waals surface area contributed by atoms with Gasteiger partial charge < -0.3 is 4.74 Å². The van der Waals surface area contributed by atoms with Gasteiger partial charge in [-0.15, -0.1) is 11.3 Å². The number of ether oxygens (including phenoxy) is 1. The monoisotopic (exact) mass is 459 g/mol. The number of nitrogens with one attached hydrogen (secondary N) is 3. The van der Waals surface area contributed by atoms with Crippen LogP contribution in [-0.4, -0.2) is 32.8 Å². The van der Waals surface area contributed by atoms with Gasteiger partial charge in [-0.3, -0.25) is 21.0 Å². The van der Waals surface area contributed by atoms with E-state index in [-0.39, 0.29) is 16.6 Å². The fourth-order valence-corrected chi connectivity index (χ4v) is 4.89. The standard InChI is InChI=1S/C20H21N5O2S3/c1-20(2)9-12-13(10-27-20)30-17-14(12)15(21-19(23-17)29-3)24-25-18(28)22-16(26)11-7-5-4-6-8-11/h4-8H,9-10H2,1-3H3,(H,21,23,24)(H2,22,25,26,28). The summed E-state index contributed by atoms with van der Waals surface area (Å²) in [7, 11) is 0. The molecule has 1 aliphatic rings. The van der Waals surface area contributed by atoms with Crippen LogP contribution in [0.1, 0.15) is 34.6 Å². The van der Waals surface area contributed by atoms with Crippen molar-refractivity contribution >= 4 is 62.4 Å². The number of amides is 1. The molecule has 0 saturated carbocycles. The van der Waals surface area contributed by atoms with Gasteiger partial charge in [0.25, 0.3) is 5.91 Å². The summed E-state index contributed by atoms with van der Waals surface area (Å²) in [5.74, 6) is 0.357. The van der Waals surface area contributed by atoms with Gasteiger partial charge in [0.05, 0.1) is 17.6 Å². The number of thiocarbonyl (C=S) groups is 1. The summed E-state index contributed by atoms with van der Waals surface area (Å²) < 4.78 is 5.95. The minimum atomic E-state index is -0.278. The highest BCUT2D eigenvalue weighted by atomic mass is 32.2. The van der Waals surface area contributed by atoms with Crippen molar-refractivity contribution in [3.8, 4) is 0 Å². The van der Waals surface area contributed by atoms with Crippen molar-refractivity contribution in [3.05, 3.63) is 46.3 Å². The molecule has 1 amide bonds. The molecule has 7 nitrogen and oxygen atoms in total. The van der Waals surface area contributed by atoms with E-state index < -0.39 is 0 Å². The normalized spacial score (nSPS) is 14.8. The minimum Gasteiger partial charge on any atom is -0.370 e. The molecule has 0 radical (unpaired) electrons. The maximum atomic E-state index is 12.3. The van der Waals surface area contributed by atoms with Gasteiger partial charge in [-0.1, -0.05) is 30.0 Å². The van der Waals surface area contributed by atoms with Crippen LogP contribution >= 0.6 is 35.3 Å². The van der Waals surface area contributed by atoms with Gasteiger partial charge in [0, 0.05) is 16.9 Å². The summed E-state index contributed by atoms with van der Waals surface area (Å²) in [6.07, 6.45) is 2.71. The van der Waals surface area contributed by atoms with E-state index in [0.29, 0.717) is 23.1 Å². The zero-order valence-corrected chi connectivity index (χ0v) is 19.2. The summed E-state index contributed by atoms with van der Waals surface area (Å²) in [4.78, 5) is 23.7. The molecular formula is C20H21N5O2S3. The fraction of sp³-hybridized carbons (Fsp3) is 0.300. The van der Waals surface area contributed by atoms with Gasteiger partial charge >= 0.3 is 0 Å². The smallest absolute Gasteiger partial charge is 0.257 e. The lowest BCUT2D eigenvalue weighted by Crippen LogP contribution is -2.42. The van der Waals surface area contributed by atoms with Gasteiger partial charge in [-0.2, -0.15) is 0 Å². The van der Waals surface area contributed by atoms with Crippen LogP contribution in [0.4, 0.5) is 5.82 Å². The van der Waals surface area contributed by atoms with E-state index in [2.05, 4.69) is 40.0 Å². The van der Waals surface area contributed by atoms with Crippen LogP contribution in [0.3, 0.4) is 0 Å². The lowest BCUT2D eigenvalue weighted by Gasteiger charge is -2.30. The number of thioether (sulfide) groups is 1. The molecule has 0 fully saturated rings. The number of anilines is 1. The summed E-state index contributed by atoms with van der Waals surface area (Å²) in [5.41, 5.74) is 7.44. The Labute approximate surface area is 188 Å². The Morgan fingerprint density at radius 2 is 2.03 bits per heavy atom. The molecular weight excluding hydrogens is 438 g/mol. The third kappa shape index (κ3) is 4.41. The number of nitrogens with zero attached hydrogens (tertiary/aromatic N) is 2. The van der Waals surface area contributed by atoms with Crippen molar-refractivity contribution in [2.24, 2.45) is 0 Å². The van der Waals surface area contributed by atoms with Crippen LogP contribution in [0.5, 0.6) is 0 Å². The van der Waals surface area contributed by atoms with Crippen LogP contribution in [0.25, 0.3) is 10.2 Å². The zero-order valence-electron chi connectivity index (χ0n) is 16.7. The Bertz CT molecular complexity index is 1110. The van der Waals surface area contributed by atoms with E-state index in [0.717, 1.165) is 16.6 Å². The molecule has 3 aromatic rings. The Kier molecular flexibility index (Phi) is 5.92. The molecule has 10 heteroatoms. The number of rotatable bonds is 4. The van der Waals surface area contributed by atoms with E-state index in [4.69, 9.17) is 17.0 Å². The summed E-state index contributed by atoms with van der Waals surface area (Å²) in [5, 5.41) is 4.45. The molecule has 0 unspecified atom stereocenters. The van der Waals surface area contributed by atoms with Gasteiger partial charge in [-0.05, 0) is 50.0 Å². The first-order valence-electron chi connectivity index (χ1n) is 9.29. The maximum Gasteiger partial charge on any atom is 0.257 e. The van der Waals surface area contributed by atoms with Crippen LogP contribution < -0.4 is 16.2 Å². The number of hydrazine groups is 1. The number of carbonyl (C=O) groups is 1. The van der Waals surface area contributed by atoms with Crippen LogP contribution in [0, 0.1) is 0 Å². The van der Waals surface area contributed by atoms with E-state index in [1.807, 2.05) is 12.3 Å². The number of fused-ring (bicyclic) bond motifs is 3. The molecule has 0 aliphatic carbocycles. The van der Waals surface area contributed by atoms with Crippen molar-refractivity contribution in [1.82, 2.24) is 20.7 Å². The average Bonchev–Trinajstić information content (AvgIpc) is 3.09. The topological polar surface area (TPSA) is 88.2 Å². The quantitative estimate of drug-likeness (QED) is 0.234. The first kappa shape index (κ1) is 21.0. The molecule has 1 aromatic carbocycles. The highest BCUT2D eigenvalue weighted by Gasteiger charge is 2.31. The molecule has 3 heterocycles. The van der Waals surface area contributed by atoms with E-state index in [1.165, 1.54) is 22.2 Å². The molecule has 2 aromatic heterocycles. The highest BCUT2D eigenvalue weighted by molar-refractivity contribution is 7.98. The van der Waals surface area contributed by atoms with Gasteiger partial charge in [0.15, 0.2) is 16.1 Å². The molecule has 0 bridgehead atoms. The van der Waals surface area contributed by atoms with E-state index in [1.54, 1.807) is 35.6 Å². The highest BCUT2D eigenvalue weighted by Crippen LogP contribution is 2.41. The molecule has 30 heavy (non-hydrogen) atoms. The van der Waals surface area contributed by atoms with Crippen molar-refractivity contribution in [2.75, 3.05) is 11.7 Å². The zero-order chi connectivity index (χ0) is 21.3. The fourth-order valence-electron chi connectivity index (χ4n) is 3.22. The largest absolute Gasteiger partial charge is 0.370 e. The Hall–Kier alpha value is -2.27. The van der Waals surface area contributed by atoms with Crippen molar-refractivity contribution in [2.45, 2.75) is 37.6 Å². The Balaban J connectivity index is 1.57. The second kappa shape index (κ2) is 8.46. The van der Waals surface area contributed by atoms with Crippen molar-refractivity contribution in [3.63, 3.8) is 0 Å². The van der Waals surface area contributed by atoms with Crippen LogP contribution in [-0.2, 0) is 17.8 Å². The predicted molar refractivity (Wildman–Crippen MR) is 125 cm³/mol. The van der Waals surface area contributed by atoms with Crippen LogP contribution in [0.15, 0.2) is 35.5 Å². The molecule has 0 atom stereocenters. The van der Waals surface area contributed by atoms with E-state index in [9.17, 15) is 4.79 Å². The maximum absolute atomic E-state index is 12.3. The lowest BCUT2D eigenvalue weighted by atomic mass is 9.94. The average molecular weight is 460 g/mol. The van der Waals surface area contributed by atoms with Crippen molar-refractivity contribution in [1.29, 1.82) is 0 Å². The van der Waals surface area contributed by atoms with Crippen molar-refractivity contribution < 1.29 is 9.53 Å². The van der Waals surface area contributed by atoms with E-state index >= 15 is 0 Å². The molecule has 156 valence electrons. The molecule has 1 aliphatic heterocycles. The van der Waals surface area contributed by atoms with Crippen LogP contribution in [0.2, 0.25) is 0 Å². The number of carbonyl (C=O) groups excluding carboxylic acids is 1. The Morgan fingerprint density at radius 3 is 2.77 bits per heavy atom. The second-order valence-electron chi connectivity index (χ2n) is 7.37. The number of aromatic nitrogens is 2. The number of hydrogen-bond acceptors (Lipinski definition) is 8. The first-order valence-corrected chi connectivity index (χ1v) is 11.7. The molecule has 0 spiro atoms. The number of hydrogen-bond donors (Lipinski definition) is 3. The third-order valence-corrected chi connectivity index (χ3v) is 6.50. The minimum absolute atomic E-state index is 0.161. The third-order valence-electron chi connectivity index (χ3n) is 4.65. The summed E-state index contributed by atoms with van der Waals surface area (Å²) in [6, 6.07) is 8.91. The summed E-state index contributed by atoms with van der Waals surface area (Å²) >= 11 is 8.37. The molecule has 0 saturated heterocycles. The van der Waals surface area contributed by atoms with Gasteiger partial charge in [-0.25, -0.2) is 9.97 Å². The molecule has 4 rings (SSSR count). The molecule has 3 N–H and O–H groups in total. The first-order chi connectivity index (χ1) is 14.4. The SMILES string of the molecule is CSc1nc(NNC(=S)NC(=O)c2ccccc2)c2c3c(sc2n1)COC(C)(C)C3. The number of thiophene rings is 1. The summed E-state index contributed by atoms with van der Waals surface area (Å²) in [6.45, 7) is 4.72.